The number of carboxylic acids is 1. The molecule has 4 N–H and O–H groups in total. The molecule has 0 bridgehead atoms. The second kappa shape index (κ2) is 7.16. The van der Waals surface area contributed by atoms with E-state index in [1.165, 1.54) is 6.92 Å². The molecule has 0 aliphatic rings. The molecule has 0 aliphatic heterocycles. The van der Waals surface area contributed by atoms with E-state index >= 15 is 0 Å². The zero-order chi connectivity index (χ0) is 15.2. The van der Waals surface area contributed by atoms with Gasteiger partial charge in [0.15, 0.2) is 0 Å². The van der Waals surface area contributed by atoms with Crippen molar-refractivity contribution >= 4 is 29.4 Å². The molecule has 1 rings (SSSR count). The average molecular weight is 298 g/mol. The summed E-state index contributed by atoms with van der Waals surface area (Å²) < 4.78 is 0. The van der Waals surface area contributed by atoms with Gasteiger partial charge < -0.3 is 20.8 Å². The molecule has 0 aromatic heterocycles. The van der Waals surface area contributed by atoms with Gasteiger partial charge in [-0.05, 0) is 31.4 Å². The molecule has 0 saturated carbocycles. The summed E-state index contributed by atoms with van der Waals surface area (Å²) in [5, 5.41) is 23.4. The predicted molar refractivity (Wildman–Crippen MR) is 78.1 cm³/mol. The number of anilines is 1. The molecule has 0 fully saturated rings. The zero-order valence-corrected chi connectivity index (χ0v) is 12.2. The number of urea groups is 1. The summed E-state index contributed by atoms with van der Waals surface area (Å²) in [6, 6.07) is 6.82. The van der Waals surface area contributed by atoms with Gasteiger partial charge in [-0.2, -0.15) is 0 Å². The fourth-order valence-electron chi connectivity index (χ4n) is 1.54. The van der Waals surface area contributed by atoms with Crippen LogP contribution < -0.4 is 10.6 Å². The number of rotatable bonds is 6. The number of thioether (sulfide) groups is 1. The first kappa shape index (κ1) is 16.3. The van der Waals surface area contributed by atoms with Gasteiger partial charge in [0.05, 0.1) is 12.0 Å². The molecule has 1 aromatic rings. The summed E-state index contributed by atoms with van der Waals surface area (Å²) in [4.78, 5) is 23.2. The summed E-state index contributed by atoms with van der Waals surface area (Å²) >= 11 is 1.56. The number of aliphatic hydroxyl groups is 1. The zero-order valence-electron chi connectivity index (χ0n) is 11.3. The Balaban J connectivity index is 2.49. The molecular weight excluding hydrogens is 280 g/mol. The molecular formula is C13H18N2O4S. The summed E-state index contributed by atoms with van der Waals surface area (Å²) in [7, 11) is 0. The van der Waals surface area contributed by atoms with Gasteiger partial charge in [-0.3, -0.25) is 4.79 Å². The molecule has 1 aromatic carbocycles. The number of carbonyl (C=O) groups is 2. The fraction of sp³-hybridized carbons (Fsp3) is 0.385. The quantitative estimate of drug-likeness (QED) is 0.600. The lowest BCUT2D eigenvalue weighted by atomic mass is 10.0. The van der Waals surface area contributed by atoms with Crippen molar-refractivity contribution in [3.63, 3.8) is 0 Å². The van der Waals surface area contributed by atoms with E-state index in [0.29, 0.717) is 5.69 Å². The second-order valence-corrected chi connectivity index (χ2v) is 5.49. The number of nitrogens with one attached hydrogen (secondary N) is 2. The van der Waals surface area contributed by atoms with E-state index in [-0.39, 0.29) is 6.54 Å². The van der Waals surface area contributed by atoms with Crippen LogP contribution in [0.15, 0.2) is 29.2 Å². The lowest BCUT2D eigenvalue weighted by Gasteiger charge is -2.21. The van der Waals surface area contributed by atoms with E-state index in [2.05, 4.69) is 10.6 Å². The van der Waals surface area contributed by atoms with Crippen molar-refractivity contribution in [2.24, 2.45) is 0 Å². The van der Waals surface area contributed by atoms with Crippen molar-refractivity contribution in [2.45, 2.75) is 23.8 Å². The monoisotopic (exact) mass is 298 g/mol. The molecule has 0 radical (unpaired) electrons. The molecule has 7 heteroatoms. The van der Waals surface area contributed by atoms with E-state index in [4.69, 9.17) is 5.11 Å². The van der Waals surface area contributed by atoms with Gasteiger partial charge in [0.2, 0.25) is 0 Å². The van der Waals surface area contributed by atoms with E-state index in [9.17, 15) is 14.7 Å². The average Bonchev–Trinajstić information content (AvgIpc) is 2.35. The second-order valence-electron chi connectivity index (χ2n) is 4.61. The van der Waals surface area contributed by atoms with Crippen molar-refractivity contribution < 1.29 is 19.8 Å². The number of aliphatic carboxylic acids is 1. The summed E-state index contributed by atoms with van der Waals surface area (Å²) in [6.07, 6.45) is 1.50. The Morgan fingerprint density at radius 3 is 2.70 bits per heavy atom. The summed E-state index contributed by atoms with van der Waals surface area (Å²) in [5.41, 5.74) is -0.850. The van der Waals surface area contributed by atoms with Gasteiger partial charge >= 0.3 is 12.0 Å². The van der Waals surface area contributed by atoms with Gasteiger partial charge in [-0.1, -0.05) is 6.07 Å². The molecule has 0 heterocycles. The van der Waals surface area contributed by atoms with Gasteiger partial charge in [0.1, 0.15) is 0 Å². The molecule has 0 saturated heterocycles. The van der Waals surface area contributed by atoms with Crippen LogP contribution in [0.1, 0.15) is 13.3 Å². The van der Waals surface area contributed by atoms with Gasteiger partial charge in [-0.15, -0.1) is 11.8 Å². The first-order valence-corrected chi connectivity index (χ1v) is 7.18. The lowest BCUT2D eigenvalue weighted by molar-refractivity contribution is -0.141. The topological polar surface area (TPSA) is 98.7 Å². The predicted octanol–water partition coefficient (Wildman–Crippen LogP) is 1.76. The van der Waals surface area contributed by atoms with Crippen LogP contribution in [0, 0.1) is 0 Å². The number of carboxylic acid groups (broad SMARTS) is 1. The maximum Gasteiger partial charge on any atom is 0.319 e. The van der Waals surface area contributed by atoms with Crippen molar-refractivity contribution in [3.05, 3.63) is 24.3 Å². The Labute approximate surface area is 121 Å². The highest BCUT2D eigenvalue weighted by Crippen LogP contribution is 2.18. The van der Waals surface area contributed by atoms with E-state index in [0.717, 1.165) is 4.90 Å². The number of hydrogen-bond donors (Lipinski definition) is 4. The Kier molecular flexibility index (Phi) is 5.84. The van der Waals surface area contributed by atoms with Gasteiger partial charge in [0, 0.05) is 17.1 Å². The standard InChI is InChI=1S/C13H18N2O4S/c1-13(19,7-11(16)17)8-14-12(18)15-9-4-3-5-10(6-9)20-2/h3-6,19H,7-8H2,1-2H3,(H,16,17)(H2,14,15,18). The van der Waals surface area contributed by atoms with E-state index < -0.39 is 24.0 Å². The van der Waals surface area contributed by atoms with Crippen LogP contribution >= 0.6 is 11.8 Å². The van der Waals surface area contributed by atoms with Crippen molar-refractivity contribution in [1.82, 2.24) is 5.32 Å². The summed E-state index contributed by atoms with van der Waals surface area (Å²) in [6.45, 7) is 1.21. The molecule has 1 atom stereocenters. The Morgan fingerprint density at radius 2 is 2.10 bits per heavy atom. The first-order chi connectivity index (χ1) is 9.32. The Morgan fingerprint density at radius 1 is 1.40 bits per heavy atom. The first-order valence-electron chi connectivity index (χ1n) is 5.95. The molecule has 0 aliphatic carbocycles. The van der Waals surface area contributed by atoms with Crippen molar-refractivity contribution in [3.8, 4) is 0 Å². The number of amides is 2. The largest absolute Gasteiger partial charge is 0.481 e. The lowest BCUT2D eigenvalue weighted by Crippen LogP contribution is -2.43. The SMILES string of the molecule is CSc1cccc(NC(=O)NCC(C)(O)CC(=O)O)c1. The van der Waals surface area contributed by atoms with Crippen molar-refractivity contribution in [2.75, 3.05) is 18.1 Å². The minimum Gasteiger partial charge on any atom is -0.481 e. The van der Waals surface area contributed by atoms with Crippen LogP contribution in [0.3, 0.4) is 0 Å². The molecule has 110 valence electrons. The number of benzene rings is 1. The number of hydrogen-bond acceptors (Lipinski definition) is 4. The van der Waals surface area contributed by atoms with Gasteiger partial charge in [-0.25, -0.2) is 4.79 Å². The highest BCUT2D eigenvalue weighted by molar-refractivity contribution is 7.98. The smallest absolute Gasteiger partial charge is 0.319 e. The Bertz CT molecular complexity index is 491. The van der Waals surface area contributed by atoms with Crippen LogP contribution in [0.2, 0.25) is 0 Å². The van der Waals surface area contributed by atoms with Crippen LogP contribution in [0.25, 0.3) is 0 Å². The fourth-order valence-corrected chi connectivity index (χ4v) is 1.99. The molecule has 6 nitrogen and oxygen atoms in total. The van der Waals surface area contributed by atoms with Gasteiger partial charge in [0.25, 0.3) is 0 Å². The third-order valence-corrected chi connectivity index (χ3v) is 3.21. The third-order valence-electron chi connectivity index (χ3n) is 2.49. The maximum atomic E-state index is 11.7. The molecule has 20 heavy (non-hydrogen) atoms. The normalized spacial score (nSPS) is 13.3. The van der Waals surface area contributed by atoms with Crippen LogP contribution in [-0.2, 0) is 4.79 Å². The van der Waals surface area contributed by atoms with Crippen molar-refractivity contribution in [1.29, 1.82) is 0 Å². The summed E-state index contributed by atoms with van der Waals surface area (Å²) in [5.74, 6) is -1.12. The number of carbonyl (C=O) groups excluding carboxylic acids is 1. The Hall–Kier alpha value is -1.73. The molecule has 0 spiro atoms. The highest BCUT2D eigenvalue weighted by atomic mass is 32.2. The van der Waals surface area contributed by atoms with Crippen LogP contribution in [0.5, 0.6) is 0 Å². The van der Waals surface area contributed by atoms with Crippen LogP contribution in [-0.4, -0.2) is 40.6 Å². The third kappa shape index (κ3) is 5.94. The van der Waals surface area contributed by atoms with Crippen LogP contribution in [0.4, 0.5) is 10.5 Å². The maximum absolute atomic E-state index is 11.7. The van der Waals surface area contributed by atoms with E-state index in [1.807, 2.05) is 24.5 Å². The molecule has 1 unspecified atom stereocenters. The minimum atomic E-state index is -1.48. The highest BCUT2D eigenvalue weighted by Gasteiger charge is 2.24. The molecule has 2 amide bonds. The minimum absolute atomic E-state index is 0.145. The van der Waals surface area contributed by atoms with E-state index in [1.54, 1.807) is 17.8 Å².